The van der Waals surface area contributed by atoms with E-state index in [0.717, 1.165) is 37.8 Å². The highest BCUT2D eigenvalue weighted by molar-refractivity contribution is 5.28. The highest BCUT2D eigenvalue weighted by Crippen LogP contribution is 2.42. The van der Waals surface area contributed by atoms with Gasteiger partial charge in [0.05, 0.1) is 5.60 Å². The highest BCUT2D eigenvalue weighted by Gasteiger charge is 2.41. The Morgan fingerprint density at radius 2 is 2.18 bits per heavy atom. The number of pyridine rings is 1. The summed E-state index contributed by atoms with van der Waals surface area (Å²) in [5.74, 6) is 0.205. The Labute approximate surface area is 102 Å². The molecule has 0 bridgehead atoms. The summed E-state index contributed by atoms with van der Waals surface area (Å²) in [6, 6.07) is 4.15. The van der Waals surface area contributed by atoms with Crippen molar-refractivity contribution in [2.75, 3.05) is 13.2 Å². The molecule has 92 valence electrons. The van der Waals surface area contributed by atoms with Gasteiger partial charge in [-0.2, -0.15) is 0 Å². The molecule has 1 fully saturated rings. The van der Waals surface area contributed by atoms with E-state index in [1.54, 1.807) is 0 Å². The Morgan fingerprint density at radius 3 is 3.00 bits per heavy atom. The Bertz CT molecular complexity index is 399. The third kappa shape index (κ3) is 1.98. The maximum atomic E-state index is 10.8. The van der Waals surface area contributed by atoms with Gasteiger partial charge in [-0.15, -0.1) is 0 Å². The van der Waals surface area contributed by atoms with Gasteiger partial charge < -0.3 is 9.84 Å². The van der Waals surface area contributed by atoms with Gasteiger partial charge in [-0.1, -0.05) is 6.07 Å². The zero-order valence-electron chi connectivity index (χ0n) is 10.1. The first-order chi connectivity index (χ1) is 8.30. The van der Waals surface area contributed by atoms with Crippen LogP contribution in [0.25, 0.3) is 0 Å². The number of aliphatic hydroxyl groups is 1. The van der Waals surface area contributed by atoms with Crippen LogP contribution in [0.2, 0.25) is 0 Å². The van der Waals surface area contributed by atoms with E-state index in [-0.39, 0.29) is 5.92 Å². The summed E-state index contributed by atoms with van der Waals surface area (Å²) < 4.78 is 5.36. The topological polar surface area (TPSA) is 42.4 Å². The normalized spacial score (nSPS) is 27.5. The van der Waals surface area contributed by atoms with Crippen LogP contribution in [0.1, 0.15) is 42.9 Å². The molecule has 1 aromatic heterocycles. The smallest absolute Gasteiger partial charge is 0.0775 e. The van der Waals surface area contributed by atoms with Crippen LogP contribution in [-0.4, -0.2) is 28.9 Å². The summed E-state index contributed by atoms with van der Waals surface area (Å²) in [6.45, 7) is 1.35. The van der Waals surface area contributed by atoms with E-state index in [9.17, 15) is 5.11 Å². The summed E-state index contributed by atoms with van der Waals surface area (Å²) >= 11 is 0. The predicted octanol–water partition coefficient (Wildman–Crippen LogP) is 2.04. The van der Waals surface area contributed by atoms with E-state index in [4.69, 9.17) is 4.74 Å². The van der Waals surface area contributed by atoms with Crippen molar-refractivity contribution in [3.8, 4) is 0 Å². The van der Waals surface area contributed by atoms with Gasteiger partial charge in [-0.25, -0.2) is 0 Å². The second-order valence-corrected chi connectivity index (χ2v) is 5.21. The fourth-order valence-electron chi connectivity index (χ4n) is 3.21. The van der Waals surface area contributed by atoms with Crippen LogP contribution in [0.3, 0.4) is 0 Å². The van der Waals surface area contributed by atoms with E-state index < -0.39 is 5.60 Å². The van der Waals surface area contributed by atoms with E-state index in [2.05, 4.69) is 11.1 Å². The molecule has 1 aromatic rings. The zero-order valence-corrected chi connectivity index (χ0v) is 10.1. The molecule has 0 spiro atoms. The first-order valence-corrected chi connectivity index (χ1v) is 6.53. The van der Waals surface area contributed by atoms with Crippen molar-refractivity contribution in [1.82, 2.24) is 4.98 Å². The molecule has 3 nitrogen and oxygen atoms in total. The van der Waals surface area contributed by atoms with Gasteiger partial charge in [0, 0.05) is 43.9 Å². The molecular formula is C14H19NO2. The molecule has 2 heterocycles. The average Bonchev–Trinajstić information content (AvgIpc) is 2.39. The summed E-state index contributed by atoms with van der Waals surface area (Å²) in [4.78, 5) is 4.52. The minimum atomic E-state index is -0.595. The molecule has 3 heteroatoms. The molecular weight excluding hydrogens is 214 g/mol. The van der Waals surface area contributed by atoms with Crippen LogP contribution >= 0.6 is 0 Å². The lowest BCUT2D eigenvalue weighted by atomic mass is 9.72. The molecule has 3 rings (SSSR count). The van der Waals surface area contributed by atoms with Gasteiger partial charge in [0.2, 0.25) is 0 Å². The third-order valence-corrected chi connectivity index (χ3v) is 4.20. The lowest BCUT2D eigenvalue weighted by Crippen LogP contribution is -2.43. The molecule has 1 N–H and O–H groups in total. The number of rotatable bonds is 1. The molecule has 1 aliphatic heterocycles. The number of hydrogen-bond donors (Lipinski definition) is 1. The lowest BCUT2D eigenvalue weighted by Gasteiger charge is -2.41. The van der Waals surface area contributed by atoms with Crippen molar-refractivity contribution in [3.05, 3.63) is 29.6 Å². The SMILES string of the molecule is OC1(C2CCCc3cccnc32)CCOCC1. The highest BCUT2D eigenvalue weighted by atomic mass is 16.5. The lowest BCUT2D eigenvalue weighted by molar-refractivity contribution is -0.0835. The van der Waals surface area contributed by atoms with Crippen LogP contribution < -0.4 is 0 Å². The van der Waals surface area contributed by atoms with Gasteiger partial charge in [-0.05, 0) is 30.9 Å². The maximum Gasteiger partial charge on any atom is 0.0775 e. The average molecular weight is 233 g/mol. The number of hydrogen-bond acceptors (Lipinski definition) is 3. The van der Waals surface area contributed by atoms with Crippen molar-refractivity contribution in [3.63, 3.8) is 0 Å². The van der Waals surface area contributed by atoms with E-state index in [1.165, 1.54) is 5.56 Å². The largest absolute Gasteiger partial charge is 0.389 e. The Balaban J connectivity index is 1.94. The molecule has 1 atom stereocenters. The van der Waals surface area contributed by atoms with Crippen LogP contribution in [0.5, 0.6) is 0 Å². The second kappa shape index (κ2) is 4.39. The Hall–Kier alpha value is -0.930. The van der Waals surface area contributed by atoms with Crippen molar-refractivity contribution >= 4 is 0 Å². The fourth-order valence-corrected chi connectivity index (χ4v) is 3.21. The summed E-state index contributed by atoms with van der Waals surface area (Å²) in [5, 5.41) is 10.8. The number of nitrogens with zero attached hydrogens (tertiary/aromatic N) is 1. The number of aryl methyl sites for hydroxylation is 1. The third-order valence-electron chi connectivity index (χ3n) is 4.20. The van der Waals surface area contributed by atoms with Crippen molar-refractivity contribution in [2.45, 2.75) is 43.6 Å². The molecule has 1 saturated heterocycles. The maximum absolute atomic E-state index is 10.8. The predicted molar refractivity (Wildman–Crippen MR) is 64.9 cm³/mol. The first kappa shape index (κ1) is 11.2. The van der Waals surface area contributed by atoms with Crippen molar-refractivity contribution < 1.29 is 9.84 Å². The van der Waals surface area contributed by atoms with Crippen LogP contribution in [0.15, 0.2) is 18.3 Å². The minimum absolute atomic E-state index is 0.205. The fraction of sp³-hybridized carbons (Fsp3) is 0.643. The van der Waals surface area contributed by atoms with Gasteiger partial charge in [-0.3, -0.25) is 4.98 Å². The van der Waals surface area contributed by atoms with Crippen LogP contribution in [0.4, 0.5) is 0 Å². The Kier molecular flexibility index (Phi) is 2.89. The standard InChI is InChI=1S/C14H19NO2/c16-14(6-9-17-10-7-14)12-5-1-3-11-4-2-8-15-13(11)12/h2,4,8,12,16H,1,3,5-7,9-10H2. The molecule has 17 heavy (non-hydrogen) atoms. The van der Waals surface area contributed by atoms with E-state index >= 15 is 0 Å². The summed E-state index contributed by atoms with van der Waals surface area (Å²) in [7, 11) is 0. The molecule has 0 saturated carbocycles. The number of fused-ring (bicyclic) bond motifs is 1. The van der Waals surface area contributed by atoms with Crippen LogP contribution in [-0.2, 0) is 11.2 Å². The monoisotopic (exact) mass is 233 g/mol. The minimum Gasteiger partial charge on any atom is -0.389 e. The van der Waals surface area contributed by atoms with Crippen LogP contribution in [0, 0.1) is 0 Å². The van der Waals surface area contributed by atoms with Crippen molar-refractivity contribution in [1.29, 1.82) is 0 Å². The molecule has 0 aromatic carbocycles. The van der Waals surface area contributed by atoms with Gasteiger partial charge >= 0.3 is 0 Å². The quantitative estimate of drug-likeness (QED) is 0.807. The molecule has 1 aliphatic carbocycles. The number of ether oxygens (including phenoxy) is 1. The Morgan fingerprint density at radius 1 is 1.35 bits per heavy atom. The molecule has 2 aliphatic rings. The molecule has 1 unspecified atom stereocenters. The summed E-state index contributed by atoms with van der Waals surface area (Å²) in [6.07, 6.45) is 6.65. The van der Waals surface area contributed by atoms with Gasteiger partial charge in [0.15, 0.2) is 0 Å². The second-order valence-electron chi connectivity index (χ2n) is 5.21. The summed E-state index contributed by atoms with van der Waals surface area (Å²) in [5.41, 5.74) is 1.86. The van der Waals surface area contributed by atoms with Crippen molar-refractivity contribution in [2.24, 2.45) is 0 Å². The van der Waals surface area contributed by atoms with Gasteiger partial charge in [0.25, 0.3) is 0 Å². The van der Waals surface area contributed by atoms with Gasteiger partial charge in [0.1, 0.15) is 0 Å². The van der Waals surface area contributed by atoms with E-state index in [0.29, 0.717) is 13.2 Å². The first-order valence-electron chi connectivity index (χ1n) is 6.53. The molecule has 0 radical (unpaired) electrons. The molecule has 0 amide bonds. The number of aromatic nitrogens is 1. The zero-order chi connectivity index (χ0) is 11.7. The van der Waals surface area contributed by atoms with E-state index in [1.807, 2.05) is 12.3 Å².